The molecule has 1 atom stereocenters. The van der Waals surface area contributed by atoms with E-state index in [1.165, 1.54) is 0 Å². The van der Waals surface area contributed by atoms with Gasteiger partial charge in [0, 0.05) is 11.7 Å². The largest absolute Gasteiger partial charge is 0.484 e. The first-order valence-electron chi connectivity index (χ1n) is 5.39. The highest BCUT2D eigenvalue weighted by molar-refractivity contribution is 5.75. The molecule has 0 spiro atoms. The molecule has 1 aromatic carbocycles. The maximum Gasteiger partial charge on any atom is 0.255 e. The van der Waals surface area contributed by atoms with Gasteiger partial charge in [0.05, 0.1) is 0 Å². The van der Waals surface area contributed by atoms with Gasteiger partial charge in [-0.2, -0.15) is 0 Å². The Balaban J connectivity index is 2.50. The van der Waals surface area contributed by atoms with Gasteiger partial charge in [-0.05, 0) is 37.6 Å². The van der Waals surface area contributed by atoms with Crippen molar-refractivity contribution in [3.05, 3.63) is 24.3 Å². The number of nitrogens with one attached hydrogen (secondary N) is 1. The lowest BCUT2D eigenvalue weighted by Gasteiger charge is -2.13. The highest BCUT2D eigenvalue weighted by Crippen LogP contribution is 2.16. The number of ether oxygens (including phenoxy) is 1. The molecule has 3 N–H and O–H groups in total. The zero-order chi connectivity index (χ0) is 12.0. The van der Waals surface area contributed by atoms with Crippen LogP contribution in [-0.4, -0.2) is 18.6 Å². The quantitative estimate of drug-likeness (QED) is 0.770. The Bertz CT molecular complexity index is 335. The third-order valence-corrected chi connectivity index (χ3v) is 2.26. The number of rotatable bonds is 6. The van der Waals surface area contributed by atoms with E-state index in [2.05, 4.69) is 19.2 Å². The second-order valence-electron chi connectivity index (χ2n) is 3.73. The molecule has 0 saturated carbocycles. The van der Waals surface area contributed by atoms with Crippen molar-refractivity contribution < 1.29 is 9.53 Å². The van der Waals surface area contributed by atoms with Gasteiger partial charge in [-0.25, -0.2) is 0 Å². The van der Waals surface area contributed by atoms with E-state index >= 15 is 0 Å². The normalized spacial score (nSPS) is 11.9. The molecule has 1 unspecified atom stereocenters. The predicted molar refractivity (Wildman–Crippen MR) is 64.5 cm³/mol. The Hall–Kier alpha value is -1.71. The topological polar surface area (TPSA) is 64.3 Å². The first-order chi connectivity index (χ1) is 7.61. The fourth-order valence-electron chi connectivity index (χ4n) is 1.19. The Labute approximate surface area is 95.8 Å². The van der Waals surface area contributed by atoms with E-state index in [0.717, 1.165) is 12.1 Å². The van der Waals surface area contributed by atoms with E-state index in [1.807, 2.05) is 24.3 Å². The number of hydrogen-bond donors (Lipinski definition) is 2. The number of carbonyl (C=O) groups is 1. The van der Waals surface area contributed by atoms with E-state index < -0.39 is 5.91 Å². The molecule has 1 rings (SSSR count). The molecule has 16 heavy (non-hydrogen) atoms. The zero-order valence-electron chi connectivity index (χ0n) is 9.69. The van der Waals surface area contributed by atoms with Crippen molar-refractivity contribution in [2.45, 2.75) is 26.3 Å². The number of amides is 1. The van der Waals surface area contributed by atoms with E-state index in [0.29, 0.717) is 11.8 Å². The summed E-state index contributed by atoms with van der Waals surface area (Å²) in [6, 6.07) is 7.91. The van der Waals surface area contributed by atoms with Crippen LogP contribution >= 0.6 is 0 Å². The molecule has 0 aliphatic heterocycles. The van der Waals surface area contributed by atoms with Crippen LogP contribution < -0.4 is 15.8 Å². The van der Waals surface area contributed by atoms with Crippen LogP contribution in [0.15, 0.2) is 24.3 Å². The summed E-state index contributed by atoms with van der Waals surface area (Å²) in [4.78, 5) is 10.5. The molecule has 0 aromatic heterocycles. The van der Waals surface area contributed by atoms with Gasteiger partial charge in [0.15, 0.2) is 6.61 Å². The summed E-state index contributed by atoms with van der Waals surface area (Å²) in [7, 11) is 0. The SMILES string of the molecule is CCC(C)Nc1ccc(OCC(N)=O)cc1. The minimum Gasteiger partial charge on any atom is -0.484 e. The number of primary amides is 1. The maximum atomic E-state index is 10.5. The lowest BCUT2D eigenvalue weighted by atomic mass is 10.2. The minimum absolute atomic E-state index is 0.0852. The van der Waals surface area contributed by atoms with Crippen LogP contribution in [0.4, 0.5) is 5.69 Å². The van der Waals surface area contributed by atoms with E-state index in [4.69, 9.17) is 10.5 Å². The van der Waals surface area contributed by atoms with Gasteiger partial charge >= 0.3 is 0 Å². The molecule has 1 amide bonds. The average Bonchev–Trinajstić information content (AvgIpc) is 2.28. The van der Waals surface area contributed by atoms with Gasteiger partial charge in [-0.3, -0.25) is 4.79 Å². The molecule has 4 heteroatoms. The standard InChI is InChI=1S/C12H18N2O2/c1-3-9(2)14-10-4-6-11(7-5-10)16-8-12(13)15/h4-7,9,14H,3,8H2,1-2H3,(H2,13,15). The molecule has 0 aliphatic rings. The van der Waals surface area contributed by atoms with Crippen LogP contribution in [0.5, 0.6) is 5.75 Å². The second kappa shape index (κ2) is 6.00. The number of nitrogens with two attached hydrogens (primary N) is 1. The summed E-state index contributed by atoms with van der Waals surface area (Å²) in [5.74, 6) is 0.176. The Morgan fingerprint density at radius 1 is 1.44 bits per heavy atom. The third-order valence-electron chi connectivity index (χ3n) is 2.26. The van der Waals surface area contributed by atoms with Crippen LogP contribution in [-0.2, 0) is 4.79 Å². The van der Waals surface area contributed by atoms with Crippen LogP contribution in [0.2, 0.25) is 0 Å². The molecular formula is C12H18N2O2. The molecule has 0 fully saturated rings. The fraction of sp³-hybridized carbons (Fsp3) is 0.417. The lowest BCUT2D eigenvalue weighted by molar-refractivity contribution is -0.119. The predicted octanol–water partition coefficient (Wildman–Crippen LogP) is 1.76. The number of carbonyl (C=O) groups excluding carboxylic acids is 1. The first kappa shape index (κ1) is 12.4. The van der Waals surface area contributed by atoms with E-state index in [9.17, 15) is 4.79 Å². The first-order valence-corrected chi connectivity index (χ1v) is 5.39. The highest BCUT2D eigenvalue weighted by Gasteiger charge is 2.00. The van der Waals surface area contributed by atoms with E-state index in [-0.39, 0.29) is 6.61 Å². The molecule has 0 heterocycles. The number of hydrogen-bond acceptors (Lipinski definition) is 3. The molecule has 88 valence electrons. The lowest BCUT2D eigenvalue weighted by Crippen LogP contribution is -2.20. The second-order valence-corrected chi connectivity index (χ2v) is 3.73. The molecule has 1 aromatic rings. The van der Waals surface area contributed by atoms with Crippen molar-refractivity contribution in [2.75, 3.05) is 11.9 Å². The summed E-state index contributed by atoms with van der Waals surface area (Å²) in [6.07, 6.45) is 1.07. The summed E-state index contributed by atoms with van der Waals surface area (Å²) in [6.45, 7) is 4.16. The van der Waals surface area contributed by atoms with Gasteiger partial charge in [0.25, 0.3) is 5.91 Å². The molecule has 0 bridgehead atoms. The molecule has 0 radical (unpaired) electrons. The van der Waals surface area contributed by atoms with Crippen molar-refractivity contribution in [1.82, 2.24) is 0 Å². The fourth-order valence-corrected chi connectivity index (χ4v) is 1.19. The summed E-state index contributed by atoms with van der Waals surface area (Å²) >= 11 is 0. The molecule has 0 aliphatic carbocycles. The molecule has 4 nitrogen and oxygen atoms in total. The van der Waals surface area contributed by atoms with Crippen LogP contribution in [0.3, 0.4) is 0 Å². The number of benzene rings is 1. The van der Waals surface area contributed by atoms with Crippen molar-refractivity contribution in [2.24, 2.45) is 5.73 Å². The summed E-state index contributed by atoms with van der Waals surface area (Å²) in [5.41, 5.74) is 6.02. The maximum absolute atomic E-state index is 10.5. The van der Waals surface area contributed by atoms with Gasteiger partial charge in [-0.15, -0.1) is 0 Å². The summed E-state index contributed by atoms with van der Waals surface area (Å²) in [5, 5.41) is 3.34. The third kappa shape index (κ3) is 4.21. The van der Waals surface area contributed by atoms with Gasteiger partial charge in [0.2, 0.25) is 0 Å². The van der Waals surface area contributed by atoms with Crippen LogP contribution in [0, 0.1) is 0 Å². The van der Waals surface area contributed by atoms with Crippen LogP contribution in [0.25, 0.3) is 0 Å². The van der Waals surface area contributed by atoms with Crippen LogP contribution in [0.1, 0.15) is 20.3 Å². The summed E-state index contributed by atoms with van der Waals surface area (Å²) < 4.78 is 5.15. The van der Waals surface area contributed by atoms with Gasteiger partial charge in [-0.1, -0.05) is 6.92 Å². The number of anilines is 1. The highest BCUT2D eigenvalue weighted by atomic mass is 16.5. The van der Waals surface area contributed by atoms with Crippen molar-refractivity contribution in [3.63, 3.8) is 0 Å². The zero-order valence-corrected chi connectivity index (χ0v) is 9.69. The monoisotopic (exact) mass is 222 g/mol. The Morgan fingerprint density at radius 3 is 2.56 bits per heavy atom. The van der Waals surface area contributed by atoms with Crippen molar-refractivity contribution >= 4 is 11.6 Å². The Kier molecular flexibility index (Phi) is 4.64. The van der Waals surface area contributed by atoms with Gasteiger partial charge in [0.1, 0.15) is 5.75 Å². The van der Waals surface area contributed by atoms with Crippen molar-refractivity contribution in [1.29, 1.82) is 0 Å². The van der Waals surface area contributed by atoms with E-state index in [1.54, 1.807) is 0 Å². The minimum atomic E-state index is -0.471. The average molecular weight is 222 g/mol. The van der Waals surface area contributed by atoms with Gasteiger partial charge < -0.3 is 15.8 Å². The molecule has 0 saturated heterocycles. The smallest absolute Gasteiger partial charge is 0.255 e. The van der Waals surface area contributed by atoms with Crippen molar-refractivity contribution in [3.8, 4) is 5.75 Å². The Morgan fingerprint density at radius 2 is 2.06 bits per heavy atom. The molecular weight excluding hydrogens is 204 g/mol.